The van der Waals surface area contributed by atoms with Gasteiger partial charge in [0.25, 0.3) is 0 Å². The molecular formula is C30H48O4. The largest absolute Gasteiger partial charge is 0.481 e. The number of aliphatic carboxylic acids is 1. The van der Waals surface area contributed by atoms with Crippen molar-refractivity contribution >= 4 is 5.97 Å². The first-order valence-corrected chi connectivity index (χ1v) is 14.0. The molecule has 5 aliphatic rings. The predicted molar refractivity (Wildman–Crippen MR) is 134 cm³/mol. The minimum absolute atomic E-state index is 0.0568. The molecule has 0 unspecified atom stereocenters. The molecule has 0 aromatic carbocycles. The first-order valence-electron chi connectivity index (χ1n) is 14.0. The molecule has 0 spiro atoms. The molecule has 0 aliphatic heterocycles. The van der Waals surface area contributed by atoms with Gasteiger partial charge in [0, 0.05) is 5.41 Å². The molecule has 5 aliphatic carbocycles. The summed E-state index contributed by atoms with van der Waals surface area (Å²) >= 11 is 0. The fraction of sp³-hybridized carbons (Fsp3) is 0.900. The van der Waals surface area contributed by atoms with E-state index in [0.717, 1.165) is 64.2 Å². The zero-order valence-electron chi connectivity index (χ0n) is 22.2. The molecule has 11 atom stereocenters. The summed E-state index contributed by atoms with van der Waals surface area (Å²) in [5.41, 5.74) is 0.586. The molecule has 4 nitrogen and oxygen atoms in total. The maximum Gasteiger partial charge on any atom is 0.309 e. The SMILES string of the molecule is C=C(C)[C@@H]1CC[C@]2(C(=O)O)CC[C@]3(C)[C@H](CC[C@@H]4[C@@]5(C)CC[C@@H](O)[C@](C)(CO)[C@@H]5CC[C@]43C)[C@@H]12. The monoisotopic (exact) mass is 472 g/mol. The molecule has 0 bridgehead atoms. The number of carbonyl (C=O) groups is 1. The highest BCUT2D eigenvalue weighted by atomic mass is 16.4. The molecule has 3 N–H and O–H groups in total. The predicted octanol–water partition coefficient (Wildman–Crippen LogP) is 6.06. The van der Waals surface area contributed by atoms with Crippen molar-refractivity contribution in [2.75, 3.05) is 6.61 Å². The summed E-state index contributed by atoms with van der Waals surface area (Å²) in [7, 11) is 0. The Kier molecular flexibility index (Phi) is 5.52. The number of hydrogen-bond donors (Lipinski definition) is 3. The Morgan fingerprint density at radius 2 is 1.59 bits per heavy atom. The number of aliphatic hydroxyl groups excluding tert-OH is 2. The molecule has 0 amide bonds. The van der Waals surface area contributed by atoms with Gasteiger partial charge in [-0.15, -0.1) is 0 Å². The van der Waals surface area contributed by atoms with Gasteiger partial charge in [-0.3, -0.25) is 4.79 Å². The van der Waals surface area contributed by atoms with E-state index in [1.807, 2.05) is 0 Å². The molecule has 0 aromatic heterocycles. The van der Waals surface area contributed by atoms with E-state index in [2.05, 4.69) is 41.2 Å². The summed E-state index contributed by atoms with van der Waals surface area (Å²) in [5.74, 6) is 1.30. The Morgan fingerprint density at radius 1 is 0.882 bits per heavy atom. The number of carboxylic acid groups (broad SMARTS) is 1. The molecule has 0 aromatic rings. The van der Waals surface area contributed by atoms with Crippen LogP contribution in [0.5, 0.6) is 0 Å². The van der Waals surface area contributed by atoms with Gasteiger partial charge in [-0.1, -0.05) is 39.8 Å². The minimum atomic E-state index is -0.567. The van der Waals surface area contributed by atoms with E-state index in [9.17, 15) is 20.1 Å². The summed E-state index contributed by atoms with van der Waals surface area (Å²) in [6, 6.07) is 0. The van der Waals surface area contributed by atoms with Crippen molar-refractivity contribution in [1.29, 1.82) is 0 Å². The highest BCUT2D eigenvalue weighted by Crippen LogP contribution is 2.77. The third-order valence-electron chi connectivity index (χ3n) is 13.6. The zero-order valence-corrected chi connectivity index (χ0v) is 22.2. The van der Waals surface area contributed by atoms with Gasteiger partial charge in [0.05, 0.1) is 18.1 Å². The smallest absolute Gasteiger partial charge is 0.309 e. The van der Waals surface area contributed by atoms with Crippen LogP contribution in [-0.4, -0.2) is 34.0 Å². The molecule has 0 radical (unpaired) electrons. The summed E-state index contributed by atoms with van der Waals surface area (Å²) in [5, 5.41) is 31.8. The van der Waals surface area contributed by atoms with Crippen LogP contribution in [0.4, 0.5) is 0 Å². The normalized spacial score (nSPS) is 56.6. The molecule has 0 saturated heterocycles. The van der Waals surface area contributed by atoms with Crippen molar-refractivity contribution in [3.8, 4) is 0 Å². The highest BCUT2D eigenvalue weighted by molar-refractivity contribution is 5.76. The lowest BCUT2D eigenvalue weighted by molar-refractivity contribution is -0.254. The second-order valence-corrected chi connectivity index (χ2v) is 14.4. The lowest BCUT2D eigenvalue weighted by Crippen LogP contribution is -2.67. The number of hydrogen-bond acceptors (Lipinski definition) is 3. The summed E-state index contributed by atoms with van der Waals surface area (Å²) in [6.07, 6.45) is 9.43. The molecule has 5 saturated carbocycles. The van der Waals surface area contributed by atoms with E-state index in [1.165, 1.54) is 5.57 Å². The van der Waals surface area contributed by atoms with Crippen molar-refractivity contribution in [2.45, 2.75) is 105 Å². The van der Waals surface area contributed by atoms with Gasteiger partial charge in [-0.25, -0.2) is 0 Å². The van der Waals surface area contributed by atoms with Gasteiger partial charge >= 0.3 is 5.97 Å². The van der Waals surface area contributed by atoms with Crippen LogP contribution < -0.4 is 0 Å². The molecule has 5 fully saturated rings. The maximum absolute atomic E-state index is 12.8. The van der Waals surface area contributed by atoms with Gasteiger partial charge in [0.1, 0.15) is 0 Å². The van der Waals surface area contributed by atoms with E-state index in [0.29, 0.717) is 23.7 Å². The Balaban J connectivity index is 1.56. The number of rotatable bonds is 3. The zero-order chi connectivity index (χ0) is 24.9. The molecule has 34 heavy (non-hydrogen) atoms. The average molecular weight is 473 g/mol. The number of aliphatic hydroxyl groups is 2. The van der Waals surface area contributed by atoms with Gasteiger partial charge in [-0.05, 0) is 117 Å². The van der Waals surface area contributed by atoms with Gasteiger partial charge in [0.2, 0.25) is 0 Å². The van der Waals surface area contributed by atoms with Gasteiger partial charge in [0.15, 0.2) is 0 Å². The maximum atomic E-state index is 12.8. The highest BCUT2D eigenvalue weighted by Gasteiger charge is 2.72. The average Bonchev–Trinajstić information content (AvgIpc) is 3.18. The number of allylic oxidation sites excluding steroid dienone is 1. The van der Waals surface area contributed by atoms with Gasteiger partial charge < -0.3 is 15.3 Å². The van der Waals surface area contributed by atoms with Crippen molar-refractivity contribution in [3.63, 3.8) is 0 Å². The molecule has 0 heterocycles. The topological polar surface area (TPSA) is 77.8 Å². The Bertz CT molecular complexity index is 883. The third-order valence-corrected chi connectivity index (χ3v) is 13.6. The van der Waals surface area contributed by atoms with Crippen LogP contribution in [0, 0.1) is 56.7 Å². The number of fused-ring (bicyclic) bond motifs is 7. The first kappa shape index (κ1) is 24.8. The van der Waals surface area contributed by atoms with Gasteiger partial charge in [-0.2, -0.15) is 0 Å². The van der Waals surface area contributed by atoms with Crippen LogP contribution in [0.2, 0.25) is 0 Å². The molecule has 4 heteroatoms. The van der Waals surface area contributed by atoms with Crippen LogP contribution in [0.25, 0.3) is 0 Å². The summed E-state index contributed by atoms with van der Waals surface area (Å²) in [6.45, 7) is 16.2. The lowest BCUT2D eigenvalue weighted by atomic mass is 9.32. The Hall–Kier alpha value is -0.870. The Labute approximate surface area is 206 Å². The second kappa shape index (κ2) is 7.57. The minimum Gasteiger partial charge on any atom is -0.481 e. The third kappa shape index (κ3) is 2.76. The van der Waals surface area contributed by atoms with Crippen molar-refractivity contribution in [2.24, 2.45) is 56.7 Å². The summed E-state index contributed by atoms with van der Waals surface area (Å²) in [4.78, 5) is 12.8. The molecule has 192 valence electrons. The fourth-order valence-corrected chi connectivity index (χ4v) is 11.5. The quantitative estimate of drug-likeness (QED) is 0.436. The summed E-state index contributed by atoms with van der Waals surface area (Å²) < 4.78 is 0. The standard InChI is InChI=1S/C30H48O4/c1-18(2)19-9-14-30(25(33)34)16-15-28(5)20(24(19)30)7-8-22-26(3)12-11-23(32)27(4,17-31)21(26)10-13-29(22,28)6/h19-24,31-32H,1,7-17H2,2-6H3,(H,33,34)/t19-,20+,21+,22+,23+,24+,26-,27+,28+,29+,30-/m0/s1. The van der Waals surface area contributed by atoms with Crippen molar-refractivity contribution in [3.05, 3.63) is 12.2 Å². The second-order valence-electron chi connectivity index (χ2n) is 14.4. The van der Waals surface area contributed by atoms with E-state index in [4.69, 9.17) is 0 Å². The van der Waals surface area contributed by atoms with Crippen LogP contribution in [-0.2, 0) is 4.79 Å². The van der Waals surface area contributed by atoms with E-state index < -0.39 is 22.9 Å². The fourth-order valence-electron chi connectivity index (χ4n) is 11.5. The Morgan fingerprint density at radius 3 is 2.21 bits per heavy atom. The first-order chi connectivity index (χ1) is 15.8. The van der Waals surface area contributed by atoms with E-state index in [-0.39, 0.29) is 28.8 Å². The lowest BCUT2D eigenvalue weighted by Gasteiger charge is -2.72. The molecule has 5 rings (SSSR count). The molecular weight excluding hydrogens is 424 g/mol. The van der Waals surface area contributed by atoms with Crippen LogP contribution in [0.3, 0.4) is 0 Å². The van der Waals surface area contributed by atoms with Crippen LogP contribution in [0.1, 0.15) is 98.8 Å². The van der Waals surface area contributed by atoms with E-state index >= 15 is 0 Å². The van der Waals surface area contributed by atoms with E-state index in [1.54, 1.807) is 0 Å². The van der Waals surface area contributed by atoms with Crippen LogP contribution >= 0.6 is 0 Å². The van der Waals surface area contributed by atoms with Crippen molar-refractivity contribution < 1.29 is 20.1 Å². The number of carboxylic acids is 1. The van der Waals surface area contributed by atoms with Crippen molar-refractivity contribution in [1.82, 2.24) is 0 Å². The van der Waals surface area contributed by atoms with Crippen LogP contribution in [0.15, 0.2) is 12.2 Å².